The Morgan fingerprint density at radius 3 is 2.17 bits per heavy atom. The average molecular weight is 244 g/mol. The quantitative estimate of drug-likeness (QED) is 0.779. The summed E-state index contributed by atoms with van der Waals surface area (Å²) in [5.41, 5.74) is 1.28. The minimum atomic E-state index is 0.287. The molecule has 0 radical (unpaired) electrons. The summed E-state index contributed by atoms with van der Waals surface area (Å²) in [5, 5.41) is 9.20. The van der Waals surface area contributed by atoms with Crippen molar-refractivity contribution in [2.24, 2.45) is 17.3 Å². The lowest BCUT2D eigenvalue weighted by molar-refractivity contribution is 0.210. The summed E-state index contributed by atoms with van der Waals surface area (Å²) in [6, 6.07) is 7.05. The molecule has 0 amide bonds. The van der Waals surface area contributed by atoms with Gasteiger partial charge in [0.15, 0.2) is 0 Å². The van der Waals surface area contributed by atoms with Crippen molar-refractivity contribution in [3.05, 3.63) is 29.8 Å². The maximum atomic E-state index is 9.20. The number of hydrogen-bond donors (Lipinski definition) is 1. The highest BCUT2D eigenvalue weighted by atomic mass is 16.3. The maximum absolute atomic E-state index is 9.20. The zero-order valence-corrected chi connectivity index (χ0v) is 12.1. The van der Waals surface area contributed by atoms with Crippen molar-refractivity contribution in [2.75, 3.05) is 0 Å². The predicted octanol–water partition coefficient (Wildman–Crippen LogP) is 4.45. The summed E-state index contributed by atoms with van der Waals surface area (Å²) in [7, 11) is 0. The first kappa shape index (κ1) is 14.6. The lowest BCUT2D eigenvalue weighted by atomic mass is 9.75. The normalized spacial score (nSPS) is 13.0. The fraction of sp³-hybridized carbons (Fsp3) is 0.529. The summed E-state index contributed by atoms with van der Waals surface area (Å²) >= 11 is 0. The van der Waals surface area contributed by atoms with Crippen molar-refractivity contribution in [3.63, 3.8) is 0 Å². The highest BCUT2D eigenvalue weighted by Crippen LogP contribution is 2.33. The third-order valence-corrected chi connectivity index (χ3v) is 3.73. The highest BCUT2D eigenvalue weighted by molar-refractivity contribution is 5.37. The third-order valence-electron chi connectivity index (χ3n) is 3.73. The van der Waals surface area contributed by atoms with Gasteiger partial charge in [-0.25, -0.2) is 0 Å². The van der Waals surface area contributed by atoms with Crippen LogP contribution in [-0.2, 0) is 0 Å². The molecule has 0 aliphatic carbocycles. The second-order valence-corrected chi connectivity index (χ2v) is 6.06. The second-order valence-electron chi connectivity index (χ2n) is 6.06. The van der Waals surface area contributed by atoms with Crippen LogP contribution >= 0.6 is 0 Å². The number of benzene rings is 1. The van der Waals surface area contributed by atoms with Crippen LogP contribution in [0.5, 0.6) is 5.75 Å². The van der Waals surface area contributed by atoms with E-state index in [1.54, 1.807) is 12.1 Å². The van der Waals surface area contributed by atoms with E-state index in [1.807, 2.05) is 12.1 Å². The third kappa shape index (κ3) is 4.45. The van der Waals surface area contributed by atoms with Gasteiger partial charge in [0.05, 0.1) is 0 Å². The van der Waals surface area contributed by atoms with Gasteiger partial charge in [0.2, 0.25) is 0 Å². The molecular formula is C17H24O. The molecule has 0 spiro atoms. The topological polar surface area (TPSA) is 20.2 Å². The molecule has 1 unspecified atom stereocenters. The molecule has 0 aromatic heterocycles. The van der Waals surface area contributed by atoms with Gasteiger partial charge in [0, 0.05) is 11.5 Å². The van der Waals surface area contributed by atoms with Gasteiger partial charge in [0.1, 0.15) is 5.75 Å². The van der Waals surface area contributed by atoms with E-state index in [1.165, 1.54) is 0 Å². The van der Waals surface area contributed by atoms with E-state index >= 15 is 0 Å². The first-order valence-electron chi connectivity index (χ1n) is 6.62. The SMILES string of the molecule is CC(C#Cc1ccc(O)cc1)CC(C)(C)C(C)C. The van der Waals surface area contributed by atoms with Gasteiger partial charge >= 0.3 is 0 Å². The molecule has 0 bridgehead atoms. The predicted molar refractivity (Wildman–Crippen MR) is 77.4 cm³/mol. The van der Waals surface area contributed by atoms with E-state index in [4.69, 9.17) is 0 Å². The highest BCUT2D eigenvalue weighted by Gasteiger charge is 2.23. The summed E-state index contributed by atoms with van der Waals surface area (Å²) in [6.45, 7) is 11.3. The van der Waals surface area contributed by atoms with Crippen LogP contribution in [0.15, 0.2) is 24.3 Å². The summed E-state index contributed by atoms with van der Waals surface area (Å²) in [4.78, 5) is 0. The fourth-order valence-corrected chi connectivity index (χ4v) is 1.83. The zero-order chi connectivity index (χ0) is 13.8. The van der Waals surface area contributed by atoms with Crippen LogP contribution in [0.2, 0.25) is 0 Å². The average Bonchev–Trinajstić information content (AvgIpc) is 2.27. The number of hydrogen-bond acceptors (Lipinski definition) is 1. The van der Waals surface area contributed by atoms with Crippen LogP contribution in [0, 0.1) is 29.1 Å². The molecule has 1 heteroatoms. The van der Waals surface area contributed by atoms with Crippen LogP contribution in [-0.4, -0.2) is 5.11 Å². The first-order valence-corrected chi connectivity index (χ1v) is 6.62. The van der Waals surface area contributed by atoms with Crippen LogP contribution < -0.4 is 0 Å². The lowest BCUT2D eigenvalue weighted by Gasteiger charge is -2.30. The van der Waals surface area contributed by atoms with Crippen molar-refractivity contribution < 1.29 is 5.11 Å². The molecule has 0 fully saturated rings. The molecule has 18 heavy (non-hydrogen) atoms. The molecule has 0 aliphatic rings. The number of aromatic hydroxyl groups is 1. The summed E-state index contributed by atoms with van der Waals surface area (Å²) in [5.74, 6) is 7.80. The Bertz CT molecular complexity index is 429. The lowest BCUT2D eigenvalue weighted by Crippen LogP contribution is -2.21. The van der Waals surface area contributed by atoms with Crippen molar-refractivity contribution >= 4 is 0 Å². The largest absolute Gasteiger partial charge is 0.508 e. The van der Waals surface area contributed by atoms with E-state index in [-0.39, 0.29) is 5.75 Å². The molecular weight excluding hydrogens is 220 g/mol. The minimum absolute atomic E-state index is 0.287. The molecule has 1 aromatic rings. The fourth-order valence-electron chi connectivity index (χ4n) is 1.83. The number of rotatable bonds is 3. The van der Waals surface area contributed by atoms with Gasteiger partial charge in [-0.2, -0.15) is 0 Å². The summed E-state index contributed by atoms with van der Waals surface area (Å²) < 4.78 is 0. The van der Waals surface area contributed by atoms with E-state index in [9.17, 15) is 5.11 Å². The minimum Gasteiger partial charge on any atom is -0.508 e. The first-order chi connectivity index (χ1) is 8.31. The van der Waals surface area contributed by atoms with Gasteiger partial charge in [-0.05, 0) is 42.0 Å². The van der Waals surface area contributed by atoms with Crippen molar-refractivity contribution in [1.29, 1.82) is 0 Å². The Kier molecular flexibility index (Phi) is 4.84. The van der Waals surface area contributed by atoms with Crippen LogP contribution in [0.4, 0.5) is 0 Å². The van der Waals surface area contributed by atoms with Crippen LogP contribution in [0.25, 0.3) is 0 Å². The molecule has 1 rings (SSSR count). The van der Waals surface area contributed by atoms with Gasteiger partial charge in [-0.3, -0.25) is 0 Å². The van der Waals surface area contributed by atoms with Gasteiger partial charge < -0.3 is 5.11 Å². The van der Waals surface area contributed by atoms with Crippen molar-refractivity contribution in [1.82, 2.24) is 0 Å². The summed E-state index contributed by atoms with van der Waals surface area (Å²) in [6.07, 6.45) is 1.11. The Hall–Kier alpha value is -1.42. The Balaban J connectivity index is 2.66. The Morgan fingerprint density at radius 1 is 1.11 bits per heavy atom. The molecule has 1 N–H and O–H groups in total. The molecule has 0 aliphatic heterocycles. The number of phenols is 1. The van der Waals surface area contributed by atoms with E-state index in [0.717, 1.165) is 12.0 Å². The standard InChI is InChI=1S/C17H24O/c1-13(2)17(4,5)12-14(3)6-7-15-8-10-16(18)11-9-15/h8-11,13-14,18H,12H2,1-5H3. The molecule has 0 heterocycles. The van der Waals surface area contributed by atoms with Gasteiger partial charge in [0.25, 0.3) is 0 Å². The Labute approximate surface area is 111 Å². The molecule has 1 atom stereocenters. The molecule has 1 aromatic carbocycles. The van der Waals surface area contributed by atoms with Crippen LogP contribution in [0.3, 0.4) is 0 Å². The molecule has 0 saturated heterocycles. The monoisotopic (exact) mass is 244 g/mol. The van der Waals surface area contributed by atoms with Crippen molar-refractivity contribution in [2.45, 2.75) is 41.0 Å². The number of phenolic OH excluding ortho intramolecular Hbond substituents is 1. The second kappa shape index (κ2) is 5.96. The zero-order valence-electron chi connectivity index (χ0n) is 12.1. The maximum Gasteiger partial charge on any atom is 0.115 e. The van der Waals surface area contributed by atoms with Crippen LogP contribution in [0.1, 0.15) is 46.6 Å². The van der Waals surface area contributed by atoms with E-state index in [2.05, 4.69) is 46.5 Å². The Morgan fingerprint density at radius 2 is 1.67 bits per heavy atom. The van der Waals surface area contributed by atoms with Gasteiger partial charge in [-0.15, -0.1) is 0 Å². The van der Waals surface area contributed by atoms with Crippen molar-refractivity contribution in [3.8, 4) is 17.6 Å². The molecule has 1 nitrogen and oxygen atoms in total. The molecule has 0 saturated carbocycles. The smallest absolute Gasteiger partial charge is 0.115 e. The molecule has 98 valence electrons. The van der Waals surface area contributed by atoms with Gasteiger partial charge in [-0.1, -0.05) is 46.5 Å². The van der Waals surface area contributed by atoms with E-state index in [0.29, 0.717) is 17.3 Å². The van der Waals surface area contributed by atoms with E-state index < -0.39 is 0 Å².